The number of aromatic nitrogens is 2. The molecule has 0 amide bonds. The minimum absolute atomic E-state index is 0.00899. The summed E-state index contributed by atoms with van der Waals surface area (Å²) >= 11 is 5.88. The van der Waals surface area contributed by atoms with Crippen LogP contribution in [0, 0.1) is 24.0 Å². The van der Waals surface area contributed by atoms with Gasteiger partial charge in [-0.15, -0.1) is 0 Å². The number of nitrogens with one attached hydrogen (secondary N) is 1. The van der Waals surface area contributed by atoms with Crippen LogP contribution in [0.4, 0.5) is 5.69 Å². The van der Waals surface area contributed by atoms with E-state index in [0.717, 1.165) is 79.3 Å². The minimum Gasteiger partial charge on any atom is -0.494 e. The quantitative estimate of drug-likeness (QED) is 0.240. The SMILES string of the molecule is COc1cc([N+](=O)[O-])ccc1-n1c(C)cc([C@H]2[C@H](c3ccccn3)NC(=S)N2CCCN2CCOCC2)c1C. The molecule has 5 rings (SSSR count). The molecule has 0 bridgehead atoms. The normalized spacial score (nSPS) is 19.8. The van der Waals surface area contributed by atoms with E-state index in [9.17, 15) is 10.1 Å². The number of benzene rings is 1. The van der Waals surface area contributed by atoms with E-state index in [4.69, 9.17) is 21.7 Å². The Morgan fingerprint density at radius 2 is 1.97 bits per heavy atom. The number of nitro benzene ring substituents is 1. The molecule has 2 atom stereocenters. The second-order valence-electron chi connectivity index (χ2n) is 9.90. The van der Waals surface area contributed by atoms with Gasteiger partial charge in [0.15, 0.2) is 5.11 Å². The second-order valence-corrected chi connectivity index (χ2v) is 10.3. The molecule has 2 aromatic heterocycles. The first-order chi connectivity index (χ1) is 18.9. The number of methoxy groups -OCH3 is 1. The molecule has 3 aromatic rings. The smallest absolute Gasteiger partial charge is 0.273 e. The molecule has 2 saturated heterocycles. The van der Waals surface area contributed by atoms with E-state index >= 15 is 0 Å². The highest BCUT2D eigenvalue weighted by Crippen LogP contribution is 2.42. The summed E-state index contributed by atoms with van der Waals surface area (Å²) in [6.07, 6.45) is 2.78. The molecule has 206 valence electrons. The fourth-order valence-electron chi connectivity index (χ4n) is 5.70. The lowest BCUT2D eigenvalue weighted by atomic mass is 9.96. The molecule has 0 saturated carbocycles. The number of thiocarbonyl (C=S) groups is 1. The first-order valence-corrected chi connectivity index (χ1v) is 13.6. The molecule has 10 nitrogen and oxygen atoms in total. The van der Waals surface area contributed by atoms with Crippen molar-refractivity contribution in [3.05, 3.63) is 81.4 Å². The van der Waals surface area contributed by atoms with Gasteiger partial charge in [0.05, 0.1) is 54.8 Å². The molecule has 4 heterocycles. The van der Waals surface area contributed by atoms with Crippen molar-refractivity contribution in [2.45, 2.75) is 32.4 Å². The van der Waals surface area contributed by atoms with Gasteiger partial charge in [0.1, 0.15) is 5.75 Å². The van der Waals surface area contributed by atoms with Crippen molar-refractivity contribution in [3.63, 3.8) is 0 Å². The van der Waals surface area contributed by atoms with Crippen LogP contribution < -0.4 is 10.1 Å². The first kappa shape index (κ1) is 27.0. The van der Waals surface area contributed by atoms with Crippen molar-refractivity contribution in [1.82, 2.24) is 24.7 Å². The summed E-state index contributed by atoms with van der Waals surface area (Å²) in [6.45, 7) is 9.40. The van der Waals surface area contributed by atoms with Gasteiger partial charge in [-0.25, -0.2) is 0 Å². The third-order valence-electron chi connectivity index (χ3n) is 7.58. The summed E-state index contributed by atoms with van der Waals surface area (Å²) in [7, 11) is 1.53. The van der Waals surface area contributed by atoms with Crippen LogP contribution in [-0.4, -0.2) is 75.9 Å². The minimum atomic E-state index is -0.412. The van der Waals surface area contributed by atoms with E-state index in [2.05, 4.69) is 37.7 Å². The molecule has 0 unspecified atom stereocenters. The van der Waals surface area contributed by atoms with Gasteiger partial charge in [0.25, 0.3) is 5.69 Å². The molecular formula is C28H34N6O4S. The van der Waals surface area contributed by atoms with E-state index in [-0.39, 0.29) is 17.8 Å². The van der Waals surface area contributed by atoms with Crippen molar-refractivity contribution >= 4 is 23.0 Å². The highest BCUT2D eigenvalue weighted by Gasteiger charge is 2.41. The first-order valence-electron chi connectivity index (χ1n) is 13.2. The average Bonchev–Trinajstić information content (AvgIpc) is 3.43. The van der Waals surface area contributed by atoms with Crippen LogP contribution >= 0.6 is 12.2 Å². The van der Waals surface area contributed by atoms with E-state index in [1.54, 1.807) is 6.07 Å². The van der Waals surface area contributed by atoms with Crippen molar-refractivity contribution < 1.29 is 14.4 Å². The number of morpholine rings is 1. The van der Waals surface area contributed by atoms with Gasteiger partial charge < -0.3 is 24.3 Å². The van der Waals surface area contributed by atoms with Crippen molar-refractivity contribution in [2.24, 2.45) is 0 Å². The standard InChI is InChI=1S/C28H34N6O4S/c1-19-17-22(20(2)33(19)24-9-8-21(34(35)36)18-25(24)37-3)27-26(23-7-4-5-10-29-23)30-28(39)32(27)12-6-11-31-13-15-38-16-14-31/h4-5,7-10,17-18,26-27H,6,11-16H2,1-3H3,(H,30,39)/t26-,27-/m0/s1. The Hall–Kier alpha value is -3.54. The maximum atomic E-state index is 11.4. The topological polar surface area (TPSA) is 97.9 Å². The fraction of sp³-hybridized carbons (Fsp3) is 0.429. The predicted molar refractivity (Wildman–Crippen MR) is 152 cm³/mol. The predicted octanol–water partition coefficient (Wildman–Crippen LogP) is 4.10. The maximum Gasteiger partial charge on any atom is 0.273 e. The number of rotatable bonds is 9. The highest BCUT2D eigenvalue weighted by atomic mass is 32.1. The number of nitrogens with zero attached hydrogens (tertiary/aromatic N) is 5. The Balaban J connectivity index is 1.51. The monoisotopic (exact) mass is 550 g/mol. The Kier molecular flexibility index (Phi) is 8.10. The lowest BCUT2D eigenvalue weighted by Gasteiger charge is -2.30. The molecule has 1 N–H and O–H groups in total. The molecule has 2 aliphatic heterocycles. The number of pyridine rings is 1. The van der Waals surface area contributed by atoms with Gasteiger partial charge in [-0.05, 0) is 62.3 Å². The molecule has 0 radical (unpaired) electrons. The van der Waals surface area contributed by atoms with Gasteiger partial charge in [-0.3, -0.25) is 20.0 Å². The molecule has 11 heteroatoms. The second kappa shape index (κ2) is 11.7. The zero-order chi connectivity index (χ0) is 27.5. The molecular weight excluding hydrogens is 516 g/mol. The summed E-state index contributed by atoms with van der Waals surface area (Å²) in [4.78, 5) is 20.3. The van der Waals surface area contributed by atoms with Gasteiger partial charge >= 0.3 is 0 Å². The van der Waals surface area contributed by atoms with Crippen molar-refractivity contribution in [2.75, 3.05) is 46.5 Å². The van der Waals surface area contributed by atoms with Crippen LogP contribution in [0.25, 0.3) is 5.69 Å². The summed E-state index contributed by atoms with van der Waals surface area (Å²) in [5, 5.41) is 15.6. The molecule has 39 heavy (non-hydrogen) atoms. The van der Waals surface area contributed by atoms with Crippen LogP contribution in [0.1, 0.15) is 41.1 Å². The summed E-state index contributed by atoms with van der Waals surface area (Å²) in [5.74, 6) is 0.446. The highest BCUT2D eigenvalue weighted by molar-refractivity contribution is 7.80. The lowest BCUT2D eigenvalue weighted by molar-refractivity contribution is -0.384. The summed E-state index contributed by atoms with van der Waals surface area (Å²) < 4.78 is 13.2. The Labute approximate surface area is 233 Å². The third kappa shape index (κ3) is 5.47. The Morgan fingerprint density at radius 1 is 1.18 bits per heavy atom. The largest absolute Gasteiger partial charge is 0.494 e. The van der Waals surface area contributed by atoms with Gasteiger partial charge in [0, 0.05) is 49.8 Å². The van der Waals surface area contributed by atoms with E-state index in [1.807, 2.05) is 31.3 Å². The number of non-ortho nitro benzene ring substituents is 1. The molecule has 0 aliphatic carbocycles. The molecule has 1 aromatic carbocycles. The summed E-state index contributed by atoms with van der Waals surface area (Å²) in [5.41, 5.74) is 4.83. The summed E-state index contributed by atoms with van der Waals surface area (Å²) in [6, 6.07) is 12.7. The Morgan fingerprint density at radius 3 is 2.67 bits per heavy atom. The Bertz CT molecular complexity index is 1340. The molecule has 2 fully saturated rings. The van der Waals surface area contributed by atoms with Crippen molar-refractivity contribution in [3.8, 4) is 11.4 Å². The van der Waals surface area contributed by atoms with Crippen LogP contribution in [0.3, 0.4) is 0 Å². The van der Waals surface area contributed by atoms with Gasteiger partial charge in [-0.1, -0.05) is 6.07 Å². The molecule has 2 aliphatic rings. The third-order valence-corrected chi connectivity index (χ3v) is 7.93. The van der Waals surface area contributed by atoms with E-state index in [1.165, 1.54) is 19.2 Å². The maximum absolute atomic E-state index is 11.4. The number of nitro groups is 1. The number of aryl methyl sites for hydroxylation is 1. The van der Waals surface area contributed by atoms with Crippen LogP contribution in [0.2, 0.25) is 0 Å². The number of hydrogen-bond donors (Lipinski definition) is 1. The van der Waals surface area contributed by atoms with Gasteiger partial charge in [0.2, 0.25) is 0 Å². The van der Waals surface area contributed by atoms with Crippen LogP contribution in [-0.2, 0) is 4.74 Å². The fourth-order valence-corrected chi connectivity index (χ4v) is 6.03. The van der Waals surface area contributed by atoms with Crippen LogP contribution in [0.5, 0.6) is 5.75 Å². The average molecular weight is 551 g/mol. The van der Waals surface area contributed by atoms with E-state index < -0.39 is 4.92 Å². The number of ether oxygens (including phenoxy) is 2. The number of hydrogen-bond acceptors (Lipinski definition) is 7. The van der Waals surface area contributed by atoms with E-state index in [0.29, 0.717) is 5.75 Å². The van der Waals surface area contributed by atoms with Crippen molar-refractivity contribution in [1.29, 1.82) is 0 Å². The lowest BCUT2D eigenvalue weighted by Crippen LogP contribution is -2.39. The zero-order valence-electron chi connectivity index (χ0n) is 22.5. The van der Waals surface area contributed by atoms with Crippen LogP contribution in [0.15, 0.2) is 48.7 Å². The molecule has 0 spiro atoms. The zero-order valence-corrected chi connectivity index (χ0v) is 23.3. The van der Waals surface area contributed by atoms with Gasteiger partial charge in [-0.2, -0.15) is 0 Å².